The van der Waals surface area contributed by atoms with Crippen LogP contribution in [0.3, 0.4) is 0 Å². The Balaban J connectivity index is 0.000000102. The summed E-state index contributed by atoms with van der Waals surface area (Å²) < 4.78 is 32.8. The number of nitrogens with one attached hydrogen (secondary N) is 2. The molecule has 0 spiro atoms. The van der Waals surface area contributed by atoms with Gasteiger partial charge in [-0.15, -0.1) is 68.3 Å². The van der Waals surface area contributed by atoms with Gasteiger partial charge in [0, 0.05) is 170 Å². The molecule has 15 aromatic heterocycles. The number of aromatic nitrogens is 10. The molecule has 25 rings (SSSR count). The van der Waals surface area contributed by atoms with Crippen LogP contribution >= 0.6 is 91.5 Å². The number of alkyl halides is 1. The van der Waals surface area contributed by atoms with E-state index in [0.717, 1.165) is 234 Å². The van der Waals surface area contributed by atoms with Crippen molar-refractivity contribution in [1.82, 2.24) is 75.2 Å². The number of fused-ring (bicyclic) bond motifs is 10. The van der Waals surface area contributed by atoms with E-state index in [2.05, 4.69) is 114 Å². The van der Waals surface area contributed by atoms with Gasteiger partial charge >= 0.3 is 28.1 Å². The first-order valence-corrected chi connectivity index (χ1v) is 50.1. The number of benzene rings is 5. The monoisotopic (exact) mass is 1980 g/mol. The van der Waals surface area contributed by atoms with Gasteiger partial charge in [-0.05, 0) is 166 Å². The van der Waals surface area contributed by atoms with E-state index >= 15 is 0 Å². The quantitative estimate of drug-likeness (QED) is 0.107. The van der Waals surface area contributed by atoms with E-state index in [4.69, 9.17) is 56.9 Å². The largest absolute Gasteiger partial charge is 0.403 e. The van der Waals surface area contributed by atoms with Gasteiger partial charge in [0.1, 0.15) is 65.2 Å². The molecule has 0 aliphatic carbocycles. The minimum absolute atomic E-state index is 0.346. The fourth-order valence-electron chi connectivity index (χ4n) is 16.8. The maximum atomic E-state index is 12.6. The van der Waals surface area contributed by atoms with Crippen LogP contribution < -0.4 is 63.3 Å². The van der Waals surface area contributed by atoms with Gasteiger partial charge < -0.3 is 67.0 Å². The third-order valence-electron chi connectivity index (χ3n) is 24.3. The van der Waals surface area contributed by atoms with Crippen molar-refractivity contribution >= 4 is 227 Å². The molecule has 38 heteroatoms. The van der Waals surface area contributed by atoms with Crippen molar-refractivity contribution in [3.63, 3.8) is 0 Å². The van der Waals surface area contributed by atoms with Crippen LogP contribution in [0.2, 0.25) is 10.0 Å². The molecular formula is C99H85Cl3N20O10S5. The molecule has 5 aliphatic rings. The Hall–Kier alpha value is -13.0. The van der Waals surface area contributed by atoms with Crippen LogP contribution in [0, 0.1) is 0 Å². The molecule has 5 fully saturated rings. The summed E-state index contributed by atoms with van der Waals surface area (Å²) in [6.07, 6.45) is 0. The molecule has 30 nitrogen and oxygen atoms in total. The number of para-hydroxylation sites is 5. The first-order chi connectivity index (χ1) is 66.9. The van der Waals surface area contributed by atoms with Gasteiger partial charge in [0.2, 0.25) is 28.6 Å². The minimum Gasteiger partial charge on any atom is -0.403 e. The Morgan fingerprint density at radius 1 is 0.292 bits per heavy atom. The van der Waals surface area contributed by atoms with Gasteiger partial charge in [-0.1, -0.05) is 71.7 Å². The summed E-state index contributed by atoms with van der Waals surface area (Å²) in [6, 6.07) is 63.5. The van der Waals surface area contributed by atoms with Crippen LogP contribution in [0.15, 0.2) is 246 Å². The molecule has 0 amide bonds. The fraction of sp³-hybridized carbons (Fsp3) is 0.242. The number of thiazole rings is 5. The molecule has 0 saturated carbocycles. The summed E-state index contributed by atoms with van der Waals surface area (Å²) in [4.78, 5) is 127. The first-order valence-electron chi connectivity index (χ1n) is 44.7. The lowest BCUT2D eigenvalue weighted by molar-refractivity contribution is 0.272. The molecule has 5 aliphatic heterocycles. The molecule has 20 aromatic rings. The zero-order valence-electron chi connectivity index (χ0n) is 73.9. The van der Waals surface area contributed by atoms with Crippen molar-refractivity contribution in [3.05, 3.63) is 262 Å². The van der Waals surface area contributed by atoms with Crippen molar-refractivity contribution < 1.29 is 22.1 Å². The maximum absolute atomic E-state index is 12.6. The third-order valence-corrected chi connectivity index (χ3v) is 30.4. The first kappa shape index (κ1) is 90.5. The van der Waals surface area contributed by atoms with Crippen molar-refractivity contribution in [3.8, 4) is 52.9 Å². The second-order valence-corrected chi connectivity index (χ2v) is 39.6. The summed E-state index contributed by atoms with van der Waals surface area (Å²) in [7, 11) is 4.23. The number of nitrogens with zero attached hydrogens (tertiary/aromatic N) is 18. The SMILES string of the molecule is CN1CCN(c2ccc3cc(-c4nc5c(Cl)cccc5s4)c(=O)oc3n2)CC1.CN1CCN(c2ccc3cc(-c4nc5ccccc5s4)c(=O)oc3n2)CC1.O=c1oc2nc(N3CCN(CCCl)CC3)ccc2cc1-c1nc2ccccc2s1.O=c1oc2nc(N3CCNCC3)ccc2cc1-c1nc2c(Cl)cccc2s1.O=c1oc2nc(N3CCNCC3)ccc2cc1-c1nc2ccccc2s1. The smallest absolute Gasteiger partial charge is 0.347 e. The molecular weight excluding hydrogens is 1900 g/mol. The van der Waals surface area contributed by atoms with E-state index in [1.807, 2.05) is 176 Å². The van der Waals surface area contributed by atoms with Gasteiger partial charge in [0.15, 0.2) is 0 Å². The zero-order valence-corrected chi connectivity index (χ0v) is 80.3. The Morgan fingerprint density at radius 2 is 0.547 bits per heavy atom. The number of likely N-dealkylation sites (N-methyl/N-ethyl adjacent to an activating group) is 2. The van der Waals surface area contributed by atoms with Crippen molar-refractivity contribution in [2.45, 2.75) is 0 Å². The number of halogens is 3. The fourth-order valence-corrected chi connectivity index (χ4v) is 22.5. The number of hydrogen-bond donors (Lipinski definition) is 2. The Bertz CT molecular complexity index is 8160. The van der Waals surface area contributed by atoms with Gasteiger partial charge in [0.05, 0.1) is 77.9 Å². The van der Waals surface area contributed by atoms with Crippen LogP contribution in [0.5, 0.6) is 0 Å². The molecule has 137 heavy (non-hydrogen) atoms. The minimum atomic E-state index is -0.442. The summed E-state index contributed by atoms with van der Waals surface area (Å²) in [6.45, 7) is 19.5. The van der Waals surface area contributed by atoms with E-state index in [0.29, 0.717) is 108 Å². The zero-order chi connectivity index (χ0) is 93.3. The Kier molecular flexibility index (Phi) is 26.4. The predicted molar refractivity (Wildman–Crippen MR) is 553 cm³/mol. The summed E-state index contributed by atoms with van der Waals surface area (Å²) in [5, 5.41) is 14.9. The molecule has 5 saturated heterocycles. The van der Waals surface area contributed by atoms with E-state index < -0.39 is 28.1 Å². The molecule has 0 radical (unpaired) electrons. The lowest BCUT2D eigenvalue weighted by Gasteiger charge is -2.35. The highest BCUT2D eigenvalue weighted by atomic mass is 35.5. The van der Waals surface area contributed by atoms with E-state index in [1.54, 1.807) is 24.3 Å². The normalized spacial score (nSPS) is 15.3. The standard InChI is InChI=1S/C21H19ClN4O2S.C20H17ClN4O2S.C20H18N4O2S.C19H15ClN4O2S.C19H16N4O2S/c22-7-8-25-9-11-26(12-10-25)18-6-5-14-13-15(21(27)28-19(14)24-18)20-23-16-3-1-2-4-17(16)29-20;1-24-7-9-25(10-8-24)16-6-5-12-11-13(20(26)27-18(12)22-16)19-23-17-14(21)3-2-4-15(17)28-19;1-23-8-10-24(11-9-23)17-7-6-13-12-14(20(25)26-18(13)22-17)19-21-15-4-2-3-5-16(15)27-19;20-13-2-1-3-14-16(13)23-18(27-14)12-10-11-4-5-15(22-17(11)26-19(12)25)24-8-6-21-7-9-24;24-19-13(18-21-14-3-1-2-4-15(14)26-18)11-12-5-6-16(22-17(12)25-19)23-9-7-20-8-10-23/h1-6,13H,7-12H2;2-6,11H,7-10H2,1H3;2-7,12H,8-11H2,1H3;1-5,10,21H,6-9H2;1-6,11,20H,7-10H2. The topological polar surface area (TPSA) is 330 Å². The lowest BCUT2D eigenvalue weighted by Crippen LogP contribution is -2.47. The third kappa shape index (κ3) is 19.8. The van der Waals surface area contributed by atoms with Gasteiger partial charge in [-0.3, -0.25) is 4.90 Å². The average molecular weight is 1980 g/mol. The Morgan fingerprint density at radius 3 is 0.825 bits per heavy atom. The highest BCUT2D eigenvalue weighted by molar-refractivity contribution is 7.23. The van der Waals surface area contributed by atoms with Crippen molar-refractivity contribution in [2.75, 3.05) is 182 Å². The molecule has 0 atom stereocenters. The number of piperazine rings is 5. The van der Waals surface area contributed by atoms with Crippen molar-refractivity contribution in [1.29, 1.82) is 0 Å². The second kappa shape index (κ2) is 40.0. The number of hydrogen-bond acceptors (Lipinski definition) is 35. The molecule has 692 valence electrons. The highest BCUT2D eigenvalue weighted by Crippen LogP contribution is 2.39. The summed E-state index contributed by atoms with van der Waals surface area (Å²) >= 11 is 25.6. The maximum Gasteiger partial charge on any atom is 0.347 e. The van der Waals surface area contributed by atoms with Crippen LogP contribution in [-0.2, 0) is 0 Å². The van der Waals surface area contributed by atoms with Crippen LogP contribution in [0.1, 0.15) is 0 Å². The predicted octanol–water partition coefficient (Wildman–Crippen LogP) is 17.3. The second-order valence-electron chi connectivity index (χ2n) is 33.3. The Labute approximate surface area is 815 Å². The van der Waals surface area contributed by atoms with Crippen LogP contribution in [-0.4, -0.2) is 222 Å². The van der Waals surface area contributed by atoms with Crippen LogP contribution in [0.25, 0.3) is 159 Å². The molecule has 5 aromatic carbocycles. The molecule has 20 heterocycles. The highest BCUT2D eigenvalue weighted by Gasteiger charge is 2.27. The van der Waals surface area contributed by atoms with Gasteiger partial charge in [-0.2, -0.15) is 24.9 Å². The molecule has 0 bridgehead atoms. The van der Waals surface area contributed by atoms with E-state index in [9.17, 15) is 24.0 Å². The van der Waals surface area contributed by atoms with E-state index in [-0.39, 0.29) is 0 Å². The number of anilines is 5. The van der Waals surface area contributed by atoms with Gasteiger partial charge in [-0.25, -0.2) is 48.9 Å². The molecule has 0 unspecified atom stereocenters. The number of rotatable bonds is 12. The lowest BCUT2D eigenvalue weighted by atomic mass is 10.2. The van der Waals surface area contributed by atoms with Crippen LogP contribution in [0.4, 0.5) is 29.1 Å². The van der Waals surface area contributed by atoms with Crippen molar-refractivity contribution in [2.24, 2.45) is 0 Å². The van der Waals surface area contributed by atoms with Gasteiger partial charge in [0.25, 0.3) is 0 Å². The number of pyridine rings is 5. The summed E-state index contributed by atoms with van der Waals surface area (Å²) in [5.41, 5.74) is 6.08. The summed E-state index contributed by atoms with van der Waals surface area (Å²) in [5.74, 6) is 4.84. The average Bonchev–Trinajstić information content (AvgIpc) is 1.76. The van der Waals surface area contributed by atoms with E-state index in [1.165, 1.54) is 56.7 Å². The molecule has 2 N–H and O–H groups in total.